The number of fused-ring (bicyclic) bond motifs is 2. The number of piperidine rings is 2. The molecule has 5 aliphatic heterocycles. The maximum Gasteiger partial charge on any atom is 0.410 e. The first kappa shape index (κ1) is 50.3. The van der Waals surface area contributed by atoms with Gasteiger partial charge in [0, 0.05) is 65.0 Å². The Morgan fingerprint density at radius 2 is 1.46 bits per heavy atom. The lowest BCUT2D eigenvalue weighted by atomic mass is 10.1. The minimum Gasteiger partial charge on any atom is -0.444 e. The fourth-order valence-corrected chi connectivity index (χ4v) is 11.2. The van der Waals surface area contributed by atoms with Crippen molar-refractivity contribution in [3.63, 3.8) is 0 Å². The van der Waals surface area contributed by atoms with Crippen molar-refractivity contribution in [2.75, 3.05) is 96.1 Å². The molecule has 372 valence electrons. The molecule has 3 atom stereocenters. The molecule has 1 amide bonds. The maximum atomic E-state index is 13.3. The Morgan fingerprint density at radius 1 is 0.826 bits per heavy atom. The molecule has 8 heterocycles. The number of aromatic nitrogens is 4. The second-order valence-corrected chi connectivity index (χ2v) is 20.7. The number of nitrogens with one attached hydrogen (secondary N) is 5. The molecule has 21 heteroatoms. The summed E-state index contributed by atoms with van der Waals surface area (Å²) in [6.45, 7) is 18.5. The van der Waals surface area contributed by atoms with Gasteiger partial charge in [-0.1, -0.05) is 24.3 Å². The van der Waals surface area contributed by atoms with Crippen molar-refractivity contribution in [3.05, 3.63) is 68.7 Å². The highest BCUT2D eigenvalue weighted by molar-refractivity contribution is 7.22. The van der Waals surface area contributed by atoms with Gasteiger partial charge in [0.15, 0.2) is 6.23 Å². The molecule has 0 spiro atoms. The lowest BCUT2D eigenvalue weighted by Gasteiger charge is -2.38. The first-order chi connectivity index (χ1) is 32.9. The number of anilines is 2. The molecule has 10 rings (SSSR count). The lowest BCUT2D eigenvalue weighted by Crippen LogP contribution is -2.55. The predicted octanol–water partition coefficient (Wildman–Crippen LogP) is 6.30. The molecule has 5 aliphatic rings. The van der Waals surface area contributed by atoms with E-state index >= 15 is 0 Å². The van der Waals surface area contributed by atoms with E-state index in [0.29, 0.717) is 74.9 Å². The molecule has 5 aromatic rings. The number of amides is 1. The first-order valence-corrected chi connectivity index (χ1v) is 25.4. The molecule has 18 nitrogen and oxygen atoms in total. The van der Waals surface area contributed by atoms with Crippen LogP contribution in [0, 0.1) is 13.8 Å². The van der Waals surface area contributed by atoms with Crippen molar-refractivity contribution in [1.82, 2.24) is 45.7 Å². The molecule has 0 saturated carbocycles. The number of hydrogen-bond acceptors (Lipinski definition) is 18. The number of halogens is 1. The Balaban J connectivity index is 0.000000188. The smallest absolute Gasteiger partial charge is 0.410 e. The minimum atomic E-state index is -0.529. The first-order valence-electron chi connectivity index (χ1n) is 23.8. The van der Waals surface area contributed by atoms with E-state index in [-0.39, 0.29) is 36.1 Å². The summed E-state index contributed by atoms with van der Waals surface area (Å²) in [5.74, 6) is 2.78. The van der Waals surface area contributed by atoms with Gasteiger partial charge in [0.1, 0.15) is 32.8 Å². The van der Waals surface area contributed by atoms with E-state index in [9.17, 15) is 9.59 Å². The summed E-state index contributed by atoms with van der Waals surface area (Å²) in [6, 6.07) is 12.5. The van der Waals surface area contributed by atoms with Crippen LogP contribution in [0.4, 0.5) is 16.6 Å². The number of nitrogens with zero attached hydrogens (tertiary/aromatic N) is 7. The number of ether oxygens (including phenoxy) is 4. The number of aromatic amines is 1. The lowest BCUT2D eigenvalue weighted by molar-refractivity contribution is 0.0190. The molecule has 0 radical (unpaired) electrons. The number of methoxy groups -OCH3 is 1. The van der Waals surface area contributed by atoms with E-state index in [1.54, 1.807) is 34.7 Å². The van der Waals surface area contributed by atoms with Crippen LogP contribution >= 0.6 is 35.1 Å². The summed E-state index contributed by atoms with van der Waals surface area (Å²) >= 11 is 3.20. The van der Waals surface area contributed by atoms with Gasteiger partial charge in [-0.3, -0.25) is 9.78 Å². The highest BCUT2D eigenvalue weighted by Crippen LogP contribution is 2.36. The van der Waals surface area contributed by atoms with Crippen LogP contribution in [-0.2, 0) is 18.9 Å². The number of carbonyl (C=O) groups is 1. The summed E-state index contributed by atoms with van der Waals surface area (Å²) in [5.41, 5.74) is 4.94. The van der Waals surface area contributed by atoms with Crippen LogP contribution in [0.3, 0.4) is 0 Å². The Morgan fingerprint density at radius 3 is 2.09 bits per heavy atom. The van der Waals surface area contributed by atoms with Crippen LogP contribution in [0.5, 0.6) is 0 Å². The number of hydrogen-bond donors (Lipinski definition) is 5. The predicted molar refractivity (Wildman–Crippen MR) is 277 cm³/mol. The van der Waals surface area contributed by atoms with Crippen molar-refractivity contribution in [1.29, 1.82) is 0 Å². The fraction of sp³-hybridized carbons (Fsp3) is 0.542. The molecular weight excluding hydrogens is 940 g/mol. The SMILES string of the molecule is COC1N=C(N2CCOCC2)NC(N[C@@H]2CCCN(C(=O)OC(C)(C)C)C2)=C1c1nc2cccc(C)c2s1.Cc1cccc2nc(-c3c(N[C@@H]4CCCNC4)nc(N4CCOCC4)[nH]c3=O)sc12.Cl. The number of benzene rings is 2. The summed E-state index contributed by atoms with van der Waals surface area (Å²) in [6.07, 6.45) is 3.17. The molecule has 4 fully saturated rings. The van der Waals surface area contributed by atoms with Crippen molar-refractivity contribution in [2.45, 2.75) is 84.2 Å². The van der Waals surface area contributed by atoms with Gasteiger partial charge >= 0.3 is 6.09 Å². The number of guanidine groups is 1. The molecule has 5 N–H and O–H groups in total. The molecule has 0 bridgehead atoms. The topological polar surface area (TPSA) is 196 Å². The number of rotatable bonds is 8. The zero-order chi connectivity index (χ0) is 47.4. The van der Waals surface area contributed by atoms with Gasteiger partial charge in [-0.05, 0) is 90.1 Å². The van der Waals surface area contributed by atoms with Gasteiger partial charge in [-0.2, -0.15) is 4.98 Å². The zero-order valence-electron chi connectivity index (χ0n) is 40.3. The average Bonchev–Trinajstić information content (AvgIpc) is 3.98. The van der Waals surface area contributed by atoms with Crippen LogP contribution < -0.4 is 31.7 Å². The van der Waals surface area contributed by atoms with Gasteiger partial charge in [-0.15, -0.1) is 35.1 Å². The molecule has 0 aliphatic carbocycles. The number of carbonyl (C=O) groups excluding carboxylic acids is 1. The standard InChI is InChI=1S/C27H38N6O4S.C21H26N6O2S.ClH/c1-17-8-6-10-19-21(17)38-24(29-19)20-22(30-25(31-23(20)35-5)32-12-14-36-15-13-32)28-18-9-7-11-33(16-18)26(34)37-27(2,3)4;1-13-4-2-6-15-17(13)30-20(24-15)16-18(23-14-5-3-7-22-12-14)25-21(26-19(16)28)27-8-10-29-11-9-27;/h6,8,10,18,23,28H,7,9,11-16H2,1-5H3,(H,30,31);2,4,6,14,22H,3,5,7-12H2,1H3,(H2,23,25,26,28);1H/t18-,23?;14-;/m11./s1. The molecule has 3 aromatic heterocycles. The highest BCUT2D eigenvalue weighted by atomic mass is 35.5. The van der Waals surface area contributed by atoms with E-state index in [2.05, 4.69) is 62.0 Å². The van der Waals surface area contributed by atoms with Crippen molar-refractivity contribution in [3.8, 4) is 10.6 Å². The summed E-state index contributed by atoms with van der Waals surface area (Å²) < 4.78 is 24.8. The number of aryl methyl sites for hydroxylation is 2. The fourth-order valence-electron chi connectivity index (χ4n) is 8.99. The van der Waals surface area contributed by atoms with Crippen LogP contribution in [-0.4, -0.2) is 152 Å². The number of morpholine rings is 2. The second kappa shape index (κ2) is 22.3. The van der Waals surface area contributed by atoms with E-state index in [1.807, 2.05) is 45.0 Å². The Hall–Kier alpha value is -5.09. The van der Waals surface area contributed by atoms with Crippen LogP contribution in [0.2, 0.25) is 0 Å². The summed E-state index contributed by atoms with van der Waals surface area (Å²) in [7, 11) is 1.68. The van der Waals surface area contributed by atoms with Crippen LogP contribution in [0.1, 0.15) is 62.6 Å². The van der Waals surface area contributed by atoms with E-state index in [4.69, 9.17) is 38.9 Å². The van der Waals surface area contributed by atoms with Gasteiger partial charge in [0.2, 0.25) is 11.9 Å². The van der Waals surface area contributed by atoms with E-state index in [0.717, 1.165) is 100 Å². The molecule has 2 aromatic carbocycles. The second-order valence-electron chi connectivity index (χ2n) is 18.7. The Kier molecular flexibility index (Phi) is 16.3. The average molecular weight is 1010 g/mol. The van der Waals surface area contributed by atoms with Crippen LogP contribution in [0.25, 0.3) is 36.6 Å². The molecular formula is C48H65ClN12O6S2. The van der Waals surface area contributed by atoms with Crippen molar-refractivity contribution >= 4 is 84.9 Å². The highest BCUT2D eigenvalue weighted by Gasteiger charge is 2.34. The van der Waals surface area contributed by atoms with Crippen LogP contribution in [0.15, 0.2) is 52.0 Å². The zero-order valence-corrected chi connectivity index (χ0v) is 42.8. The largest absolute Gasteiger partial charge is 0.444 e. The normalized spacial score (nSPS) is 21.2. The third kappa shape index (κ3) is 11.9. The van der Waals surface area contributed by atoms with Gasteiger partial charge < -0.3 is 54.9 Å². The van der Waals surface area contributed by atoms with E-state index in [1.165, 1.54) is 5.56 Å². The molecule has 1 unspecified atom stereocenters. The van der Waals surface area contributed by atoms with Crippen molar-refractivity contribution < 1.29 is 23.7 Å². The Labute approximate surface area is 417 Å². The number of likely N-dealkylation sites (tertiary alicyclic amines) is 1. The number of thiazole rings is 2. The summed E-state index contributed by atoms with van der Waals surface area (Å²) in [4.78, 5) is 54.7. The molecule has 4 saturated heterocycles. The quantitative estimate of drug-likeness (QED) is 0.116. The number of H-pyrrole nitrogens is 1. The third-order valence-electron chi connectivity index (χ3n) is 12.5. The van der Waals surface area contributed by atoms with Crippen molar-refractivity contribution in [2.24, 2.45) is 4.99 Å². The maximum absolute atomic E-state index is 13.3. The van der Waals surface area contributed by atoms with Gasteiger partial charge in [-0.25, -0.2) is 19.8 Å². The monoisotopic (exact) mass is 1000 g/mol. The van der Waals surface area contributed by atoms with Gasteiger partial charge in [0.25, 0.3) is 5.56 Å². The van der Waals surface area contributed by atoms with Gasteiger partial charge in [0.05, 0.1) is 52.4 Å². The Bertz CT molecular complexity index is 2700. The summed E-state index contributed by atoms with van der Waals surface area (Å²) in [5, 5.41) is 15.8. The molecule has 69 heavy (non-hydrogen) atoms. The number of aliphatic imine (C=N–C) groups is 1. The van der Waals surface area contributed by atoms with E-state index < -0.39 is 11.8 Å². The third-order valence-corrected chi connectivity index (χ3v) is 14.9. The minimum absolute atomic E-state index is 0.